The molecular weight excluding hydrogens is 1820 g/mol. The highest BCUT2D eigenvalue weighted by Gasteiger charge is 2.25. The van der Waals surface area contributed by atoms with Gasteiger partial charge in [0.15, 0.2) is 0 Å². The molecule has 702 valence electrons. The molecule has 30 aromatic rings. The summed E-state index contributed by atoms with van der Waals surface area (Å²) in [6.45, 7) is 0. The number of aromatic nitrogens is 9. The van der Waals surface area contributed by atoms with Crippen molar-refractivity contribution in [2.45, 2.75) is 0 Å². The van der Waals surface area contributed by atoms with Crippen molar-refractivity contribution in [2.24, 2.45) is 0 Å². The van der Waals surface area contributed by atoms with Crippen LogP contribution in [0.3, 0.4) is 0 Å². The predicted molar refractivity (Wildman–Crippen MR) is 628 cm³/mol. The molecule has 0 saturated carbocycles. The molecule has 0 aliphatic carbocycles. The van der Waals surface area contributed by atoms with Crippen molar-refractivity contribution in [3.05, 3.63) is 564 Å². The van der Waals surface area contributed by atoms with E-state index in [1.54, 1.807) is 0 Å². The number of benzene rings is 21. The molecule has 0 unspecified atom stereocenters. The molecule has 21 aromatic carbocycles. The van der Waals surface area contributed by atoms with Crippen LogP contribution in [-0.2, 0) is 0 Å². The normalized spacial score (nSPS) is 11.6. The lowest BCUT2D eigenvalue weighted by molar-refractivity contribution is 1.08. The lowest BCUT2D eigenvalue weighted by atomic mass is 9.98. The molecule has 9 aromatic heterocycles. The van der Waals surface area contributed by atoms with Crippen LogP contribution in [0.2, 0.25) is 0 Å². The predicted octanol–water partition coefficient (Wildman–Crippen LogP) is 36.8. The van der Waals surface area contributed by atoms with Crippen LogP contribution in [0.5, 0.6) is 0 Å². The van der Waals surface area contributed by atoms with Crippen LogP contribution in [0.4, 0.5) is 0 Å². The van der Waals surface area contributed by atoms with Crippen molar-refractivity contribution in [3.8, 4) is 135 Å². The third-order valence-electron chi connectivity index (χ3n) is 29.8. The highest BCUT2D eigenvalue weighted by atomic mass is 15.1. The Bertz CT molecular complexity index is 9310. The Hall–Kier alpha value is -20.1. The third kappa shape index (κ3) is 15.5. The van der Waals surface area contributed by atoms with Crippen LogP contribution >= 0.6 is 0 Å². The van der Waals surface area contributed by atoms with Gasteiger partial charge in [-0.1, -0.05) is 370 Å². The maximum Gasteiger partial charge on any atom is 0.138 e. The van der Waals surface area contributed by atoms with Crippen LogP contribution in [0.25, 0.3) is 266 Å². The minimum absolute atomic E-state index is 0.898. The lowest BCUT2D eigenvalue weighted by Gasteiger charge is -2.14. The second-order valence-corrected chi connectivity index (χ2v) is 38.5. The first-order valence-corrected chi connectivity index (χ1v) is 51.1. The van der Waals surface area contributed by atoms with Crippen molar-refractivity contribution in [2.75, 3.05) is 0 Å². The van der Waals surface area contributed by atoms with E-state index < -0.39 is 0 Å². The molecule has 9 heteroatoms. The SMILES string of the molecule is c1ccc(-c2cc(-c3ccccc3)nc(-n3c4ccccc4c4ccc(-c5ccc6c(c5)c5ccccc5n6-c5ccccc5)cc43)c2)cc1.c1ccc(-c2cc(-c3ccncc3)cc(-n3c4ccccc4c4ccc(-c5ccc6c(c5)c5ccccc5n6-c5ccccc5)cc43)c2)cc1.c1ccc(-c2cc(-n3c4ccccc4c4ccc(-c5ccc6c(c5)c5ccccc5n6-c5ccccc5)cc43)cc(-c3ccccc3)n2)cc1. The molecule has 0 N–H and O–H groups in total. The van der Waals surface area contributed by atoms with E-state index in [9.17, 15) is 0 Å². The number of nitrogens with zero attached hydrogens (tertiary/aromatic N) is 9. The van der Waals surface area contributed by atoms with E-state index in [-0.39, 0.29) is 0 Å². The van der Waals surface area contributed by atoms with Gasteiger partial charge in [0.2, 0.25) is 0 Å². The van der Waals surface area contributed by atoms with Crippen molar-refractivity contribution in [1.29, 1.82) is 0 Å². The zero-order valence-corrected chi connectivity index (χ0v) is 81.7. The molecule has 0 radical (unpaired) electrons. The lowest BCUT2D eigenvalue weighted by Crippen LogP contribution is -2.00. The van der Waals surface area contributed by atoms with Gasteiger partial charge in [0, 0.05) is 116 Å². The molecule has 0 amide bonds. The smallest absolute Gasteiger partial charge is 0.138 e. The Kier molecular flexibility index (Phi) is 21.8. The highest BCUT2D eigenvalue weighted by Crippen LogP contribution is 2.47. The van der Waals surface area contributed by atoms with Gasteiger partial charge in [0.05, 0.1) is 89.0 Å². The molecular formula is C141H93N9. The molecule has 150 heavy (non-hydrogen) atoms. The van der Waals surface area contributed by atoms with Crippen molar-refractivity contribution in [1.82, 2.24) is 42.4 Å². The number of hydrogen-bond acceptors (Lipinski definition) is 3. The van der Waals surface area contributed by atoms with Gasteiger partial charge in [-0.3, -0.25) is 9.55 Å². The number of rotatable bonds is 15. The molecule has 0 fully saturated rings. The third-order valence-corrected chi connectivity index (χ3v) is 29.8. The van der Waals surface area contributed by atoms with E-state index in [0.29, 0.717) is 0 Å². The van der Waals surface area contributed by atoms with Gasteiger partial charge in [0.25, 0.3) is 0 Å². The number of para-hydroxylation sites is 9. The molecule has 0 aliphatic rings. The van der Waals surface area contributed by atoms with E-state index in [1.165, 1.54) is 176 Å². The van der Waals surface area contributed by atoms with Gasteiger partial charge in [0.1, 0.15) is 5.82 Å². The van der Waals surface area contributed by atoms with Crippen LogP contribution in [-0.4, -0.2) is 42.4 Å². The molecule has 0 saturated heterocycles. The molecule has 9 heterocycles. The van der Waals surface area contributed by atoms with E-state index in [1.807, 2.05) is 12.4 Å². The Morgan fingerprint density at radius 2 is 0.347 bits per heavy atom. The Morgan fingerprint density at radius 1 is 0.113 bits per heavy atom. The van der Waals surface area contributed by atoms with Crippen molar-refractivity contribution in [3.63, 3.8) is 0 Å². The molecule has 0 aliphatic heterocycles. The van der Waals surface area contributed by atoms with E-state index in [0.717, 1.165) is 89.9 Å². The van der Waals surface area contributed by atoms with Gasteiger partial charge in [-0.2, -0.15) is 0 Å². The van der Waals surface area contributed by atoms with Crippen LogP contribution in [0.15, 0.2) is 564 Å². The first-order valence-electron chi connectivity index (χ1n) is 51.1. The standard InChI is InChI=1S/3C47H31N3/c1-4-14-32(15-5-1)36-29-42(33-16-6-2-7-17-33)48-47(31-36)50-44-23-13-10-20-38(44)40-26-24-35(30-46(40)50)34-25-27-45-41(28-34)39-21-11-12-22-43(39)49(45)37-18-8-3-9-19-37;1-4-14-32(15-5-1)42-30-37(31-43(48-42)33-16-6-2-7-17-33)50-44-22-12-10-20-38(44)40-26-24-35(29-47(40)50)34-25-27-46-41(28-34)39-21-11-13-23-45(39)49(46)36-18-8-3-9-19-36;1-3-11-32(12-4-1)36-27-37(33-23-25-48-26-24-33)29-39(28-36)50-44-17-9-7-15-40(44)42-21-19-35(31-47(42)50)34-20-22-46-43(30-34)41-16-8-10-18-45(41)49(46)38-13-5-2-6-14-38/h3*1-31H. The van der Waals surface area contributed by atoms with E-state index in [4.69, 9.17) is 9.97 Å². The molecule has 0 spiro atoms. The number of pyridine rings is 3. The van der Waals surface area contributed by atoms with E-state index in [2.05, 4.69) is 584 Å². The van der Waals surface area contributed by atoms with Gasteiger partial charge in [-0.25, -0.2) is 9.97 Å². The summed E-state index contributed by atoms with van der Waals surface area (Å²) in [5, 5.41) is 14.9. The van der Waals surface area contributed by atoms with E-state index >= 15 is 0 Å². The maximum absolute atomic E-state index is 5.34. The molecule has 30 rings (SSSR count). The molecule has 0 bridgehead atoms. The quantitative estimate of drug-likeness (QED) is 0.103. The summed E-state index contributed by atoms with van der Waals surface area (Å²) in [6.07, 6.45) is 3.73. The second-order valence-electron chi connectivity index (χ2n) is 38.5. The Morgan fingerprint density at radius 3 is 0.687 bits per heavy atom. The Balaban J connectivity index is 0.000000108. The van der Waals surface area contributed by atoms with Gasteiger partial charge >= 0.3 is 0 Å². The summed E-state index contributed by atoms with van der Waals surface area (Å²) >= 11 is 0. The average Bonchev–Trinajstić information content (AvgIpc) is 1.59. The van der Waals surface area contributed by atoms with Crippen LogP contribution in [0, 0.1) is 0 Å². The summed E-state index contributed by atoms with van der Waals surface area (Å²) in [6, 6.07) is 198. The second kappa shape index (κ2) is 37.2. The number of fused-ring (bicyclic) bond motifs is 18. The summed E-state index contributed by atoms with van der Waals surface area (Å²) in [4.78, 5) is 14.8. The zero-order valence-electron chi connectivity index (χ0n) is 81.7. The first kappa shape index (κ1) is 87.6. The van der Waals surface area contributed by atoms with Crippen molar-refractivity contribution >= 4 is 131 Å². The molecule has 9 nitrogen and oxygen atoms in total. The number of hydrogen-bond donors (Lipinski definition) is 0. The minimum atomic E-state index is 0.898. The van der Waals surface area contributed by atoms with Gasteiger partial charge in [-0.05, 0) is 249 Å². The summed E-state index contributed by atoms with van der Waals surface area (Å²) < 4.78 is 14.3. The maximum atomic E-state index is 5.34. The van der Waals surface area contributed by atoms with Crippen molar-refractivity contribution < 1.29 is 0 Å². The fourth-order valence-corrected chi connectivity index (χ4v) is 22.9. The topological polar surface area (TPSA) is 68.2 Å². The van der Waals surface area contributed by atoms with Gasteiger partial charge < -0.3 is 22.8 Å². The minimum Gasteiger partial charge on any atom is -0.309 e. The first-order chi connectivity index (χ1) is 74.4. The average molecular weight is 1910 g/mol. The van der Waals surface area contributed by atoms with Crippen LogP contribution < -0.4 is 0 Å². The summed E-state index contributed by atoms with van der Waals surface area (Å²) in [7, 11) is 0. The fourth-order valence-electron chi connectivity index (χ4n) is 22.9. The summed E-state index contributed by atoms with van der Waals surface area (Å²) in [5.41, 5.74) is 40.1. The Labute approximate surface area is 866 Å². The molecule has 0 atom stereocenters. The fraction of sp³-hybridized carbons (Fsp3) is 0. The monoisotopic (exact) mass is 1910 g/mol. The summed E-state index contributed by atoms with van der Waals surface area (Å²) in [5.74, 6) is 0.898. The van der Waals surface area contributed by atoms with Crippen LogP contribution in [0.1, 0.15) is 0 Å². The zero-order chi connectivity index (χ0) is 99.1. The highest BCUT2D eigenvalue weighted by molar-refractivity contribution is 6.17. The van der Waals surface area contributed by atoms with Gasteiger partial charge in [-0.15, -0.1) is 0 Å². The largest absolute Gasteiger partial charge is 0.309 e.